The maximum Gasteiger partial charge on any atom is 0.239 e. The Kier molecular flexibility index (Phi) is 11.9. The van der Waals surface area contributed by atoms with E-state index in [1.54, 1.807) is 6.26 Å². The first-order valence-electron chi connectivity index (χ1n) is 12.2. The third-order valence-electron chi connectivity index (χ3n) is 6.41. The highest BCUT2D eigenvalue weighted by Crippen LogP contribution is 2.15. The minimum Gasteiger partial charge on any atom is -0.412 e. The van der Waals surface area contributed by atoms with Gasteiger partial charge in [0.2, 0.25) is 5.91 Å². The molecule has 1 aliphatic rings. The Morgan fingerprint density at radius 3 is 2.60 bits per heavy atom. The van der Waals surface area contributed by atoms with Gasteiger partial charge in [-0.1, -0.05) is 31.9 Å². The molecule has 0 saturated carbocycles. The molecule has 2 aromatic rings. The Labute approximate surface area is 212 Å². The van der Waals surface area contributed by atoms with Crippen molar-refractivity contribution in [1.29, 1.82) is 0 Å². The average Bonchev–Trinajstić information content (AvgIpc) is 3.26. The van der Waals surface area contributed by atoms with Gasteiger partial charge >= 0.3 is 0 Å². The van der Waals surface area contributed by atoms with Gasteiger partial charge in [-0.25, -0.2) is 13.5 Å². The van der Waals surface area contributed by atoms with E-state index >= 15 is 0 Å². The fourth-order valence-corrected chi connectivity index (χ4v) is 5.22. The number of unbranched alkanes of at least 4 members (excludes halogenated alkanes) is 2. The van der Waals surface area contributed by atoms with E-state index < -0.39 is 11.0 Å². The molecule has 2 unspecified atom stereocenters. The molecule has 10 heteroatoms. The summed E-state index contributed by atoms with van der Waals surface area (Å²) in [5.41, 5.74) is 3.46. The molecule has 2 atom stereocenters. The number of hydrogen-bond acceptors (Lipinski definition) is 5. The molecule has 3 rings (SSSR count). The van der Waals surface area contributed by atoms with Crippen molar-refractivity contribution in [3.05, 3.63) is 48.0 Å². The molecule has 2 heterocycles. The average molecular weight is 507 g/mol. The molecule has 1 aliphatic heterocycles. The minimum atomic E-state index is -1.16. The van der Waals surface area contributed by atoms with Crippen LogP contribution in [-0.2, 0) is 28.7 Å². The molecule has 3 N–H and O–H groups in total. The molecular weight excluding hydrogens is 464 g/mol. The van der Waals surface area contributed by atoms with E-state index in [0.29, 0.717) is 26.1 Å². The molecule has 35 heavy (non-hydrogen) atoms. The number of hydrogen-bond donors (Lipinski definition) is 1. The van der Waals surface area contributed by atoms with Gasteiger partial charge in [-0.2, -0.15) is 0 Å². The standard InChI is InChI=1S/C25H40N6O2S.H2O/c1-5-6-7-14-29-15-16-31(34(4)33)24(19-29)25(32)27-13-12-23-17-26-20-30(23)18-21-8-10-22(11-9-21)28(2)3;/h8-11,17,20,24H,5-7,12-16,18-19H2,1-4H3,(H,27,32);1H2. The second-order valence-corrected chi connectivity index (χ2v) is 10.5. The Bertz CT molecular complexity index is 934. The van der Waals surface area contributed by atoms with Crippen LogP contribution in [0.3, 0.4) is 0 Å². The predicted octanol–water partition coefficient (Wildman–Crippen LogP) is 1.30. The van der Waals surface area contributed by atoms with Crippen molar-refractivity contribution >= 4 is 22.6 Å². The molecule has 196 valence electrons. The molecule has 1 amide bonds. The number of amides is 1. The van der Waals surface area contributed by atoms with Crippen LogP contribution >= 0.6 is 0 Å². The summed E-state index contributed by atoms with van der Waals surface area (Å²) in [4.78, 5) is 21.8. The maximum atomic E-state index is 13.0. The number of imidazole rings is 1. The van der Waals surface area contributed by atoms with Gasteiger partial charge in [0.25, 0.3) is 0 Å². The van der Waals surface area contributed by atoms with Crippen LogP contribution in [0, 0.1) is 0 Å². The molecule has 0 spiro atoms. The largest absolute Gasteiger partial charge is 0.412 e. The highest BCUT2D eigenvalue weighted by Gasteiger charge is 2.34. The minimum absolute atomic E-state index is 0. The lowest BCUT2D eigenvalue weighted by molar-refractivity contribution is -0.126. The number of carbonyl (C=O) groups is 1. The number of carbonyl (C=O) groups excluding carboxylic acids is 1. The van der Waals surface area contributed by atoms with Gasteiger partial charge in [-0.3, -0.25) is 9.69 Å². The maximum absolute atomic E-state index is 13.0. The lowest BCUT2D eigenvalue weighted by Crippen LogP contribution is -2.59. The van der Waals surface area contributed by atoms with Crippen molar-refractivity contribution in [3.8, 4) is 0 Å². The van der Waals surface area contributed by atoms with Gasteiger partial charge in [0.15, 0.2) is 0 Å². The SMILES string of the molecule is CCCCCN1CCN(S(C)=O)C(C(=O)NCCc2cncn2Cc2ccc(N(C)C)cc2)C1.O. The summed E-state index contributed by atoms with van der Waals surface area (Å²) in [5.74, 6) is -0.0410. The zero-order chi connectivity index (χ0) is 24.5. The summed E-state index contributed by atoms with van der Waals surface area (Å²) in [6, 6.07) is 8.13. The van der Waals surface area contributed by atoms with Gasteiger partial charge in [0.1, 0.15) is 6.04 Å². The summed E-state index contributed by atoms with van der Waals surface area (Å²) in [6.07, 6.45) is 9.59. The second-order valence-electron chi connectivity index (χ2n) is 9.20. The lowest BCUT2D eigenvalue weighted by atomic mass is 10.1. The molecule has 1 saturated heterocycles. The van der Waals surface area contributed by atoms with E-state index in [1.807, 2.05) is 30.9 Å². The van der Waals surface area contributed by atoms with E-state index in [-0.39, 0.29) is 17.4 Å². The number of piperazine rings is 1. The van der Waals surface area contributed by atoms with Crippen molar-refractivity contribution in [2.24, 2.45) is 0 Å². The number of nitrogens with one attached hydrogen (secondary N) is 1. The Hall–Kier alpha value is -2.27. The van der Waals surface area contributed by atoms with Crippen LogP contribution in [-0.4, -0.2) is 93.5 Å². The van der Waals surface area contributed by atoms with Crippen LogP contribution in [0.1, 0.15) is 37.4 Å². The van der Waals surface area contributed by atoms with E-state index in [9.17, 15) is 9.00 Å². The number of nitrogens with zero attached hydrogens (tertiary/aromatic N) is 5. The lowest BCUT2D eigenvalue weighted by Gasteiger charge is -2.39. The summed E-state index contributed by atoms with van der Waals surface area (Å²) in [6.45, 7) is 6.62. The van der Waals surface area contributed by atoms with Crippen molar-refractivity contribution in [3.63, 3.8) is 0 Å². The van der Waals surface area contributed by atoms with Gasteiger partial charge in [-0.05, 0) is 30.7 Å². The highest BCUT2D eigenvalue weighted by atomic mass is 32.2. The first-order valence-corrected chi connectivity index (χ1v) is 13.8. The van der Waals surface area contributed by atoms with E-state index in [0.717, 1.165) is 31.7 Å². The highest BCUT2D eigenvalue weighted by molar-refractivity contribution is 7.81. The third-order valence-corrected chi connectivity index (χ3v) is 7.51. The first kappa shape index (κ1) is 29.0. The summed E-state index contributed by atoms with van der Waals surface area (Å²) >= 11 is 0. The summed E-state index contributed by atoms with van der Waals surface area (Å²) in [7, 11) is 2.90. The number of benzene rings is 1. The molecule has 1 aromatic carbocycles. The third kappa shape index (κ3) is 8.42. The Balaban J connectivity index is 0.00000432. The van der Waals surface area contributed by atoms with Crippen molar-refractivity contribution in [2.75, 3.05) is 58.0 Å². The molecule has 0 aliphatic carbocycles. The zero-order valence-corrected chi connectivity index (χ0v) is 22.4. The molecule has 0 radical (unpaired) electrons. The fraction of sp³-hybridized carbons (Fsp3) is 0.600. The Morgan fingerprint density at radius 1 is 1.20 bits per heavy atom. The van der Waals surface area contributed by atoms with Crippen LogP contribution in [0.2, 0.25) is 0 Å². The van der Waals surface area contributed by atoms with Crippen LogP contribution in [0.5, 0.6) is 0 Å². The smallest absolute Gasteiger partial charge is 0.239 e. The number of rotatable bonds is 12. The van der Waals surface area contributed by atoms with Crippen LogP contribution in [0.4, 0.5) is 5.69 Å². The normalized spacial score (nSPS) is 17.5. The van der Waals surface area contributed by atoms with Gasteiger partial charge in [0.05, 0.1) is 17.3 Å². The van der Waals surface area contributed by atoms with E-state index in [2.05, 4.69) is 55.9 Å². The van der Waals surface area contributed by atoms with Crippen molar-refractivity contribution in [2.45, 2.75) is 45.2 Å². The van der Waals surface area contributed by atoms with Crippen LogP contribution < -0.4 is 10.2 Å². The van der Waals surface area contributed by atoms with Crippen molar-refractivity contribution < 1.29 is 14.5 Å². The Morgan fingerprint density at radius 2 is 1.94 bits per heavy atom. The summed E-state index contributed by atoms with van der Waals surface area (Å²) < 4.78 is 16.2. The van der Waals surface area contributed by atoms with Gasteiger partial charge in [0, 0.05) is 77.1 Å². The van der Waals surface area contributed by atoms with Gasteiger partial charge in [-0.15, -0.1) is 0 Å². The molecule has 1 aromatic heterocycles. The summed E-state index contributed by atoms with van der Waals surface area (Å²) in [5, 5.41) is 3.09. The molecule has 0 bridgehead atoms. The van der Waals surface area contributed by atoms with Crippen LogP contribution in [0.25, 0.3) is 0 Å². The number of aromatic nitrogens is 2. The molecule has 9 nitrogen and oxygen atoms in total. The zero-order valence-electron chi connectivity index (χ0n) is 21.6. The van der Waals surface area contributed by atoms with Crippen LogP contribution in [0.15, 0.2) is 36.8 Å². The molecular formula is C25H42N6O3S. The first-order chi connectivity index (χ1) is 16.4. The quantitative estimate of drug-likeness (QED) is 0.437. The number of anilines is 1. The second kappa shape index (κ2) is 14.3. The predicted molar refractivity (Wildman–Crippen MR) is 143 cm³/mol. The van der Waals surface area contributed by atoms with E-state index in [1.165, 1.54) is 24.1 Å². The monoisotopic (exact) mass is 506 g/mol. The van der Waals surface area contributed by atoms with E-state index in [4.69, 9.17) is 0 Å². The van der Waals surface area contributed by atoms with Gasteiger partial charge < -0.3 is 20.3 Å². The fourth-order valence-electron chi connectivity index (χ4n) is 4.36. The topological polar surface area (TPSA) is 105 Å². The molecule has 1 fully saturated rings. The van der Waals surface area contributed by atoms with Crippen molar-refractivity contribution in [1.82, 2.24) is 24.1 Å².